The van der Waals surface area contributed by atoms with Crippen molar-refractivity contribution in [2.24, 2.45) is 0 Å². The molecular weight excluding hydrogens is 326 g/mol. The first-order chi connectivity index (χ1) is 10.5. The largest absolute Gasteiger partial charge is 0.485 e. The average Bonchev–Trinajstić information content (AvgIpc) is 2.86. The normalized spacial score (nSPS) is 10.7. The smallest absolute Gasteiger partial charge is 0.313 e. The third kappa shape index (κ3) is 4.14. The number of carboxylic acid groups (broad SMARTS) is 1. The van der Waals surface area contributed by atoms with Crippen LogP contribution >= 0.6 is 23.4 Å². The van der Waals surface area contributed by atoms with E-state index < -0.39 is 5.97 Å². The molecule has 0 aliphatic heterocycles. The number of carboxylic acids is 1. The zero-order chi connectivity index (χ0) is 16.1. The van der Waals surface area contributed by atoms with E-state index in [4.69, 9.17) is 21.4 Å². The lowest BCUT2D eigenvalue weighted by molar-refractivity contribution is -0.133. The Balaban J connectivity index is 2.07. The van der Waals surface area contributed by atoms with E-state index in [1.807, 2.05) is 30.5 Å². The number of halogens is 1. The van der Waals surface area contributed by atoms with Gasteiger partial charge >= 0.3 is 5.97 Å². The van der Waals surface area contributed by atoms with E-state index in [1.165, 1.54) is 0 Å². The van der Waals surface area contributed by atoms with Gasteiger partial charge in [0.1, 0.15) is 12.4 Å². The molecular formula is C14H16ClN3O3S. The maximum absolute atomic E-state index is 10.6. The molecule has 118 valence electrons. The minimum atomic E-state index is -0.884. The van der Waals surface area contributed by atoms with E-state index in [0.29, 0.717) is 22.5 Å². The number of nitrogens with zero attached hydrogens (tertiary/aromatic N) is 3. The quantitative estimate of drug-likeness (QED) is 0.780. The molecule has 0 fully saturated rings. The standard InChI is InChI=1S/C14H16ClN3O3S/c1-3-18-12(16-17-14(18)22-8-13(19)20)7-21-11-5-4-10(15)6-9(11)2/h4-6H,3,7-8H2,1-2H3,(H,19,20). The molecule has 0 aliphatic carbocycles. The van der Waals surface area contributed by atoms with Gasteiger partial charge in [0.2, 0.25) is 0 Å². The molecule has 8 heteroatoms. The molecule has 0 atom stereocenters. The summed E-state index contributed by atoms with van der Waals surface area (Å²) in [6.45, 7) is 4.77. The van der Waals surface area contributed by atoms with Crippen molar-refractivity contribution in [1.29, 1.82) is 0 Å². The Morgan fingerprint density at radius 3 is 2.86 bits per heavy atom. The summed E-state index contributed by atoms with van der Waals surface area (Å²) < 4.78 is 7.60. The molecule has 6 nitrogen and oxygen atoms in total. The molecule has 2 aromatic rings. The molecule has 0 aliphatic rings. The Morgan fingerprint density at radius 2 is 2.23 bits per heavy atom. The Kier molecular flexibility index (Phi) is 5.68. The number of aromatic nitrogens is 3. The maximum atomic E-state index is 10.6. The molecule has 1 aromatic heterocycles. The highest BCUT2D eigenvalue weighted by molar-refractivity contribution is 7.99. The predicted molar refractivity (Wildman–Crippen MR) is 84.6 cm³/mol. The Bertz CT molecular complexity index is 675. The molecule has 0 bridgehead atoms. The number of aliphatic carboxylic acids is 1. The van der Waals surface area contributed by atoms with E-state index in [9.17, 15) is 4.79 Å². The number of aryl methyl sites for hydroxylation is 1. The first kappa shape index (κ1) is 16.6. The summed E-state index contributed by atoms with van der Waals surface area (Å²) in [6, 6.07) is 5.41. The highest BCUT2D eigenvalue weighted by atomic mass is 35.5. The zero-order valence-electron chi connectivity index (χ0n) is 12.2. The fraction of sp³-hybridized carbons (Fsp3) is 0.357. The first-order valence-electron chi connectivity index (χ1n) is 6.67. The van der Waals surface area contributed by atoms with Crippen LogP contribution in [0.5, 0.6) is 5.75 Å². The van der Waals surface area contributed by atoms with Gasteiger partial charge in [-0.25, -0.2) is 0 Å². The second-order valence-corrected chi connectivity index (χ2v) is 5.90. The van der Waals surface area contributed by atoms with Gasteiger partial charge in [-0.15, -0.1) is 10.2 Å². The highest BCUT2D eigenvalue weighted by Crippen LogP contribution is 2.23. The van der Waals surface area contributed by atoms with E-state index >= 15 is 0 Å². The van der Waals surface area contributed by atoms with Crippen molar-refractivity contribution in [2.45, 2.75) is 32.2 Å². The molecule has 0 spiro atoms. The molecule has 0 saturated heterocycles. The van der Waals surface area contributed by atoms with Crippen molar-refractivity contribution in [1.82, 2.24) is 14.8 Å². The topological polar surface area (TPSA) is 77.2 Å². The minimum absolute atomic E-state index is 0.0463. The number of thioether (sulfide) groups is 1. The summed E-state index contributed by atoms with van der Waals surface area (Å²) >= 11 is 7.06. The van der Waals surface area contributed by atoms with Crippen molar-refractivity contribution in [3.05, 3.63) is 34.6 Å². The van der Waals surface area contributed by atoms with Crippen LogP contribution in [0, 0.1) is 6.92 Å². The van der Waals surface area contributed by atoms with E-state index in [1.54, 1.807) is 6.07 Å². The summed E-state index contributed by atoms with van der Waals surface area (Å²) in [4.78, 5) is 10.6. The number of benzene rings is 1. The van der Waals surface area contributed by atoms with Crippen molar-refractivity contribution < 1.29 is 14.6 Å². The van der Waals surface area contributed by atoms with Crippen LogP contribution in [0.15, 0.2) is 23.4 Å². The molecule has 1 heterocycles. The van der Waals surface area contributed by atoms with Gasteiger partial charge in [0.25, 0.3) is 0 Å². The fourth-order valence-electron chi connectivity index (χ4n) is 1.89. The van der Waals surface area contributed by atoms with Crippen LogP contribution in [-0.4, -0.2) is 31.6 Å². The van der Waals surface area contributed by atoms with Gasteiger partial charge in [0.15, 0.2) is 11.0 Å². The highest BCUT2D eigenvalue weighted by Gasteiger charge is 2.13. The van der Waals surface area contributed by atoms with E-state index in [0.717, 1.165) is 23.1 Å². The summed E-state index contributed by atoms with van der Waals surface area (Å²) in [6.07, 6.45) is 0. The Hall–Kier alpha value is -1.73. The van der Waals surface area contributed by atoms with Crippen molar-refractivity contribution in [3.8, 4) is 5.75 Å². The van der Waals surface area contributed by atoms with E-state index in [2.05, 4.69) is 10.2 Å². The van der Waals surface area contributed by atoms with Crippen LogP contribution in [0.25, 0.3) is 0 Å². The van der Waals surface area contributed by atoms with Crippen LogP contribution in [-0.2, 0) is 17.9 Å². The summed E-state index contributed by atoms with van der Waals surface area (Å²) in [5, 5.41) is 18.1. The second kappa shape index (κ2) is 7.51. The number of hydrogen-bond acceptors (Lipinski definition) is 5. The number of ether oxygens (including phenoxy) is 1. The molecule has 0 radical (unpaired) electrons. The van der Waals surface area contributed by atoms with Crippen LogP contribution in [0.4, 0.5) is 0 Å². The van der Waals surface area contributed by atoms with Crippen LogP contribution in [0.1, 0.15) is 18.3 Å². The number of hydrogen-bond donors (Lipinski definition) is 1. The van der Waals surface area contributed by atoms with Crippen LogP contribution in [0.3, 0.4) is 0 Å². The lowest BCUT2D eigenvalue weighted by Gasteiger charge is -2.10. The molecule has 0 unspecified atom stereocenters. The number of carbonyl (C=O) groups is 1. The fourth-order valence-corrected chi connectivity index (χ4v) is 2.86. The summed E-state index contributed by atoms with van der Waals surface area (Å²) in [5.41, 5.74) is 0.940. The van der Waals surface area contributed by atoms with Crippen LogP contribution < -0.4 is 4.74 Å². The SMILES string of the molecule is CCn1c(COc2ccc(Cl)cc2C)nnc1SCC(=O)O. The van der Waals surface area contributed by atoms with Gasteiger partial charge in [-0.2, -0.15) is 0 Å². The number of rotatable bonds is 7. The first-order valence-corrected chi connectivity index (χ1v) is 8.03. The molecule has 1 N–H and O–H groups in total. The third-order valence-electron chi connectivity index (χ3n) is 2.93. The zero-order valence-corrected chi connectivity index (χ0v) is 13.8. The van der Waals surface area contributed by atoms with Gasteiger partial charge < -0.3 is 14.4 Å². The van der Waals surface area contributed by atoms with E-state index in [-0.39, 0.29) is 12.4 Å². The van der Waals surface area contributed by atoms with Gasteiger partial charge in [0, 0.05) is 11.6 Å². The Morgan fingerprint density at radius 1 is 1.45 bits per heavy atom. The van der Waals surface area contributed by atoms with Crippen molar-refractivity contribution >= 4 is 29.3 Å². The predicted octanol–water partition coefficient (Wildman–Crippen LogP) is 3.02. The third-order valence-corrected chi connectivity index (χ3v) is 4.11. The second-order valence-electron chi connectivity index (χ2n) is 4.52. The lowest BCUT2D eigenvalue weighted by Crippen LogP contribution is -2.08. The molecule has 0 saturated carbocycles. The van der Waals surface area contributed by atoms with Gasteiger partial charge in [-0.3, -0.25) is 4.79 Å². The van der Waals surface area contributed by atoms with Crippen molar-refractivity contribution in [3.63, 3.8) is 0 Å². The maximum Gasteiger partial charge on any atom is 0.313 e. The monoisotopic (exact) mass is 341 g/mol. The minimum Gasteiger partial charge on any atom is -0.485 e. The molecule has 2 rings (SSSR count). The van der Waals surface area contributed by atoms with Gasteiger partial charge in [0.05, 0.1) is 5.75 Å². The molecule has 22 heavy (non-hydrogen) atoms. The van der Waals surface area contributed by atoms with Gasteiger partial charge in [-0.1, -0.05) is 23.4 Å². The van der Waals surface area contributed by atoms with Crippen LogP contribution in [0.2, 0.25) is 5.02 Å². The van der Waals surface area contributed by atoms with Gasteiger partial charge in [-0.05, 0) is 37.6 Å². The summed E-state index contributed by atoms with van der Waals surface area (Å²) in [5.74, 6) is 0.458. The average molecular weight is 342 g/mol. The summed E-state index contributed by atoms with van der Waals surface area (Å²) in [7, 11) is 0. The molecule has 0 amide bonds. The Labute approximate surface area is 137 Å². The lowest BCUT2D eigenvalue weighted by atomic mass is 10.2. The molecule has 1 aromatic carbocycles. The van der Waals surface area contributed by atoms with Crippen molar-refractivity contribution in [2.75, 3.05) is 5.75 Å².